The van der Waals surface area contributed by atoms with E-state index in [-0.39, 0.29) is 4.90 Å². The Balaban J connectivity index is 2.17. The Hall–Kier alpha value is -1.38. The fourth-order valence-corrected chi connectivity index (χ4v) is 4.20. The smallest absolute Gasteiger partial charge is 0.262 e. The number of nitrogens with one attached hydrogen (secondary N) is 3. The Kier molecular flexibility index (Phi) is 4.70. The van der Waals surface area contributed by atoms with E-state index in [4.69, 9.17) is 0 Å². The average molecular weight is 328 g/mol. The number of aryl methyl sites for hydroxylation is 2. The predicted molar refractivity (Wildman–Crippen MR) is 85.2 cm³/mol. The van der Waals surface area contributed by atoms with E-state index < -0.39 is 10.0 Å². The van der Waals surface area contributed by atoms with Gasteiger partial charge in [-0.1, -0.05) is 13.8 Å². The summed E-state index contributed by atoms with van der Waals surface area (Å²) in [6.45, 7) is 8.31. The van der Waals surface area contributed by atoms with E-state index in [0.717, 1.165) is 4.88 Å². The molecule has 0 spiro atoms. The molecule has 0 unspecified atom stereocenters. The minimum atomic E-state index is -3.57. The van der Waals surface area contributed by atoms with Crippen molar-refractivity contribution in [2.75, 3.05) is 4.72 Å². The van der Waals surface area contributed by atoms with Crippen LogP contribution in [0.2, 0.25) is 0 Å². The zero-order valence-electron chi connectivity index (χ0n) is 12.5. The molecule has 6 nitrogen and oxygen atoms in total. The molecule has 2 aromatic rings. The van der Waals surface area contributed by atoms with Crippen LogP contribution < -0.4 is 10.0 Å². The van der Waals surface area contributed by atoms with Crippen molar-refractivity contribution in [2.24, 2.45) is 0 Å². The third-order valence-electron chi connectivity index (χ3n) is 2.99. The topological polar surface area (TPSA) is 86.9 Å². The van der Waals surface area contributed by atoms with Crippen LogP contribution in [0.15, 0.2) is 16.3 Å². The van der Waals surface area contributed by atoms with E-state index in [1.807, 2.05) is 0 Å². The highest BCUT2D eigenvalue weighted by molar-refractivity contribution is 7.92. The molecule has 0 radical (unpaired) electrons. The van der Waals surface area contributed by atoms with E-state index in [9.17, 15) is 8.42 Å². The Morgan fingerprint density at radius 1 is 1.38 bits per heavy atom. The molecular formula is C13H20N4O2S2. The zero-order chi connectivity index (χ0) is 15.6. The molecule has 3 N–H and O–H groups in total. The van der Waals surface area contributed by atoms with Gasteiger partial charge in [0.25, 0.3) is 10.0 Å². The summed E-state index contributed by atoms with van der Waals surface area (Å²) in [5, 5.41) is 11.7. The van der Waals surface area contributed by atoms with Gasteiger partial charge in [-0.05, 0) is 19.9 Å². The summed E-state index contributed by atoms with van der Waals surface area (Å²) in [4.78, 5) is 1.28. The second-order valence-corrected chi connectivity index (χ2v) is 7.88. The fourth-order valence-electron chi connectivity index (χ4n) is 1.79. The van der Waals surface area contributed by atoms with Crippen molar-refractivity contribution >= 4 is 27.0 Å². The molecule has 2 aromatic heterocycles. The lowest BCUT2D eigenvalue weighted by Gasteiger charge is -2.07. The van der Waals surface area contributed by atoms with Crippen LogP contribution in [0.4, 0.5) is 5.69 Å². The maximum atomic E-state index is 12.4. The minimum Gasteiger partial charge on any atom is -0.310 e. The number of aromatic nitrogens is 2. The van der Waals surface area contributed by atoms with Crippen LogP contribution >= 0.6 is 11.3 Å². The molecule has 0 amide bonds. The molecule has 0 saturated heterocycles. The van der Waals surface area contributed by atoms with Crippen molar-refractivity contribution in [1.29, 1.82) is 0 Å². The lowest BCUT2D eigenvalue weighted by molar-refractivity contribution is 0.592. The van der Waals surface area contributed by atoms with Gasteiger partial charge in [-0.25, -0.2) is 8.42 Å². The van der Waals surface area contributed by atoms with Crippen molar-refractivity contribution in [2.45, 2.75) is 45.2 Å². The first-order chi connectivity index (χ1) is 9.79. The summed E-state index contributed by atoms with van der Waals surface area (Å²) in [7, 11) is -3.57. The van der Waals surface area contributed by atoms with Crippen LogP contribution in [0.25, 0.3) is 0 Å². The molecule has 2 heterocycles. The van der Waals surface area contributed by atoms with Gasteiger partial charge in [0.2, 0.25) is 0 Å². The average Bonchev–Trinajstić information content (AvgIpc) is 2.99. The summed E-state index contributed by atoms with van der Waals surface area (Å²) >= 11 is 1.43. The van der Waals surface area contributed by atoms with Crippen LogP contribution in [-0.2, 0) is 16.6 Å². The Morgan fingerprint density at radius 2 is 2.10 bits per heavy atom. The van der Waals surface area contributed by atoms with Gasteiger partial charge in [0, 0.05) is 22.8 Å². The number of nitrogens with zero attached hydrogens (tertiary/aromatic N) is 1. The number of H-pyrrole nitrogens is 1. The van der Waals surface area contributed by atoms with E-state index in [1.54, 1.807) is 25.3 Å². The molecule has 0 bridgehead atoms. The first-order valence-corrected chi connectivity index (χ1v) is 9.01. The number of thiophene rings is 1. The zero-order valence-corrected chi connectivity index (χ0v) is 14.2. The highest BCUT2D eigenvalue weighted by Crippen LogP contribution is 2.24. The number of sulfonamides is 1. The Morgan fingerprint density at radius 3 is 2.67 bits per heavy atom. The Labute approximate surface area is 129 Å². The van der Waals surface area contributed by atoms with Crippen molar-refractivity contribution in [3.05, 3.63) is 27.7 Å². The van der Waals surface area contributed by atoms with Crippen LogP contribution in [0.1, 0.15) is 30.1 Å². The van der Waals surface area contributed by atoms with E-state index in [2.05, 4.69) is 34.1 Å². The molecule has 8 heteroatoms. The molecule has 0 aromatic carbocycles. The normalized spacial score (nSPS) is 12.0. The molecule has 0 aliphatic heterocycles. The molecule has 2 rings (SSSR count). The van der Waals surface area contributed by atoms with Gasteiger partial charge < -0.3 is 5.32 Å². The quantitative estimate of drug-likeness (QED) is 0.760. The molecule has 0 aliphatic carbocycles. The first-order valence-electron chi connectivity index (χ1n) is 6.65. The van der Waals surface area contributed by atoms with Crippen LogP contribution in [-0.4, -0.2) is 24.7 Å². The monoisotopic (exact) mass is 328 g/mol. The molecule has 0 atom stereocenters. The molecule has 0 aliphatic rings. The van der Waals surface area contributed by atoms with Gasteiger partial charge in [-0.2, -0.15) is 5.10 Å². The van der Waals surface area contributed by atoms with Gasteiger partial charge in [-0.15, -0.1) is 11.3 Å². The number of aromatic amines is 1. The lowest BCUT2D eigenvalue weighted by Crippen LogP contribution is -2.21. The van der Waals surface area contributed by atoms with Crippen molar-refractivity contribution in [1.82, 2.24) is 15.5 Å². The minimum absolute atomic E-state index is 0.285. The van der Waals surface area contributed by atoms with Gasteiger partial charge in [0.1, 0.15) is 0 Å². The van der Waals surface area contributed by atoms with Gasteiger partial charge >= 0.3 is 0 Å². The third-order valence-corrected chi connectivity index (χ3v) is 5.40. The summed E-state index contributed by atoms with van der Waals surface area (Å²) in [5.41, 5.74) is 1.85. The second-order valence-electron chi connectivity index (χ2n) is 5.20. The molecule has 116 valence electrons. The van der Waals surface area contributed by atoms with Crippen LogP contribution in [0.3, 0.4) is 0 Å². The Bertz CT molecular complexity index is 697. The molecule has 21 heavy (non-hydrogen) atoms. The predicted octanol–water partition coefficient (Wildman–Crippen LogP) is 2.39. The highest BCUT2D eigenvalue weighted by Gasteiger charge is 2.19. The number of hydrogen-bond acceptors (Lipinski definition) is 5. The van der Waals surface area contributed by atoms with Gasteiger partial charge in [-0.3, -0.25) is 9.82 Å². The van der Waals surface area contributed by atoms with E-state index in [0.29, 0.717) is 29.7 Å². The maximum absolute atomic E-state index is 12.4. The number of rotatable bonds is 6. The first kappa shape index (κ1) is 16.0. The molecule has 0 saturated carbocycles. The summed E-state index contributed by atoms with van der Waals surface area (Å²) < 4.78 is 27.4. The van der Waals surface area contributed by atoms with Crippen molar-refractivity contribution in [3.8, 4) is 0 Å². The van der Waals surface area contributed by atoms with Gasteiger partial charge in [0.15, 0.2) is 0 Å². The van der Waals surface area contributed by atoms with Crippen molar-refractivity contribution in [3.63, 3.8) is 0 Å². The van der Waals surface area contributed by atoms with Crippen LogP contribution in [0.5, 0.6) is 0 Å². The third kappa shape index (κ3) is 3.84. The van der Waals surface area contributed by atoms with Crippen molar-refractivity contribution < 1.29 is 8.42 Å². The fraction of sp³-hybridized carbons (Fsp3) is 0.462. The maximum Gasteiger partial charge on any atom is 0.262 e. The standard InChI is InChI=1S/C13H20N4O2S2/c1-8(2)14-6-11-5-12(7-20-11)21(18,19)17-13-9(3)15-16-10(13)4/h5,7-8,14,17H,6H2,1-4H3,(H,15,16). The second kappa shape index (κ2) is 6.17. The lowest BCUT2D eigenvalue weighted by atomic mass is 10.3. The van der Waals surface area contributed by atoms with E-state index in [1.165, 1.54) is 11.3 Å². The number of anilines is 1. The number of hydrogen-bond donors (Lipinski definition) is 3. The molecule has 0 fully saturated rings. The van der Waals surface area contributed by atoms with Gasteiger partial charge in [0.05, 0.1) is 22.0 Å². The van der Waals surface area contributed by atoms with E-state index >= 15 is 0 Å². The largest absolute Gasteiger partial charge is 0.310 e. The summed E-state index contributed by atoms with van der Waals surface area (Å²) in [5.74, 6) is 0. The SMILES string of the molecule is Cc1n[nH]c(C)c1NS(=O)(=O)c1csc(CNC(C)C)c1. The highest BCUT2D eigenvalue weighted by atomic mass is 32.2. The summed E-state index contributed by atoms with van der Waals surface area (Å²) in [6.07, 6.45) is 0. The summed E-state index contributed by atoms with van der Waals surface area (Å²) in [6, 6.07) is 2.06. The molecular weight excluding hydrogens is 308 g/mol. The van der Waals surface area contributed by atoms with Crippen LogP contribution in [0, 0.1) is 13.8 Å².